The molecular formula is C26H25N3O. The number of Topliss-reactive ketones (excluding diaryl/α,β-unsaturated/α-hetero) is 1. The van der Waals surface area contributed by atoms with E-state index >= 15 is 0 Å². The SMILES string of the molecule is CN(C)Cc1ccc(C2Nc3cccc4c3C(=NCC4=O)C2c2ccccc2)cc1. The summed E-state index contributed by atoms with van der Waals surface area (Å²) >= 11 is 0. The van der Waals surface area contributed by atoms with Crippen molar-refractivity contribution in [3.8, 4) is 0 Å². The second-order valence-corrected chi connectivity index (χ2v) is 8.34. The number of hydrogen-bond acceptors (Lipinski definition) is 4. The van der Waals surface area contributed by atoms with Gasteiger partial charge in [0.1, 0.15) is 6.54 Å². The second-order valence-electron chi connectivity index (χ2n) is 8.34. The van der Waals surface area contributed by atoms with Gasteiger partial charge in [0.05, 0.1) is 17.7 Å². The van der Waals surface area contributed by atoms with Gasteiger partial charge >= 0.3 is 0 Å². The fourth-order valence-corrected chi connectivity index (χ4v) is 4.65. The second kappa shape index (κ2) is 7.54. The minimum absolute atomic E-state index is 0.0487. The molecule has 2 unspecified atom stereocenters. The van der Waals surface area contributed by atoms with E-state index in [4.69, 9.17) is 4.99 Å². The molecule has 2 aliphatic heterocycles. The molecule has 0 saturated carbocycles. The summed E-state index contributed by atoms with van der Waals surface area (Å²) in [5.74, 6) is 0.142. The molecule has 0 fully saturated rings. The first kappa shape index (κ1) is 18.8. The van der Waals surface area contributed by atoms with Crippen molar-refractivity contribution in [2.75, 3.05) is 26.0 Å². The Morgan fingerprint density at radius 1 is 0.933 bits per heavy atom. The average molecular weight is 396 g/mol. The summed E-state index contributed by atoms with van der Waals surface area (Å²) in [6.07, 6.45) is 0. The summed E-state index contributed by atoms with van der Waals surface area (Å²) in [6, 6.07) is 25.3. The van der Waals surface area contributed by atoms with Crippen molar-refractivity contribution >= 4 is 17.2 Å². The molecule has 0 amide bonds. The minimum atomic E-state index is 0.0487. The Balaban J connectivity index is 1.63. The van der Waals surface area contributed by atoms with E-state index in [1.165, 1.54) is 16.7 Å². The zero-order valence-corrected chi connectivity index (χ0v) is 17.3. The van der Waals surface area contributed by atoms with Crippen molar-refractivity contribution in [1.82, 2.24) is 4.90 Å². The number of nitrogens with zero attached hydrogens (tertiary/aromatic N) is 2. The van der Waals surface area contributed by atoms with E-state index in [1.54, 1.807) is 0 Å². The summed E-state index contributed by atoms with van der Waals surface area (Å²) < 4.78 is 0. The van der Waals surface area contributed by atoms with E-state index in [1.807, 2.05) is 18.2 Å². The normalized spacial score (nSPS) is 19.8. The third-order valence-electron chi connectivity index (χ3n) is 5.95. The number of hydrogen-bond donors (Lipinski definition) is 1. The van der Waals surface area contributed by atoms with Crippen LogP contribution in [0.25, 0.3) is 0 Å². The summed E-state index contributed by atoms with van der Waals surface area (Å²) in [7, 11) is 4.16. The minimum Gasteiger partial charge on any atom is -0.377 e. The number of benzene rings is 3. The zero-order valence-electron chi connectivity index (χ0n) is 17.3. The van der Waals surface area contributed by atoms with Crippen LogP contribution in [-0.4, -0.2) is 37.0 Å². The predicted octanol–water partition coefficient (Wildman–Crippen LogP) is 4.68. The number of carbonyl (C=O) groups excluding carboxylic acids is 1. The van der Waals surface area contributed by atoms with Gasteiger partial charge in [-0.1, -0.05) is 66.7 Å². The molecule has 150 valence electrons. The standard InChI is InChI=1S/C26H25N3O/c1-29(2)16-17-11-13-19(14-12-17)25-23(18-7-4-3-5-8-18)26-24-20(22(30)15-27-26)9-6-10-21(24)28-25/h3-14,23,25,28H,15-16H2,1-2H3. The largest absolute Gasteiger partial charge is 0.377 e. The fourth-order valence-electron chi connectivity index (χ4n) is 4.65. The Bertz CT molecular complexity index is 1120. The van der Waals surface area contributed by atoms with Crippen LogP contribution in [0.4, 0.5) is 5.69 Å². The quantitative estimate of drug-likeness (QED) is 0.697. The van der Waals surface area contributed by atoms with Crippen molar-refractivity contribution < 1.29 is 4.79 Å². The molecule has 0 radical (unpaired) electrons. The van der Waals surface area contributed by atoms with Gasteiger partial charge in [0.15, 0.2) is 5.78 Å². The highest BCUT2D eigenvalue weighted by atomic mass is 16.1. The van der Waals surface area contributed by atoms with E-state index in [-0.39, 0.29) is 24.3 Å². The van der Waals surface area contributed by atoms with Crippen LogP contribution in [0.5, 0.6) is 0 Å². The van der Waals surface area contributed by atoms with Gasteiger partial charge in [-0.3, -0.25) is 9.79 Å². The molecular weight excluding hydrogens is 370 g/mol. The van der Waals surface area contributed by atoms with Crippen LogP contribution in [0.3, 0.4) is 0 Å². The lowest BCUT2D eigenvalue weighted by Crippen LogP contribution is -2.36. The molecule has 30 heavy (non-hydrogen) atoms. The van der Waals surface area contributed by atoms with Gasteiger partial charge in [0.2, 0.25) is 0 Å². The molecule has 5 rings (SSSR count). The molecule has 0 saturated heterocycles. The van der Waals surface area contributed by atoms with Crippen molar-refractivity contribution in [2.45, 2.75) is 18.5 Å². The summed E-state index contributed by atoms with van der Waals surface area (Å²) in [5, 5.41) is 3.74. The molecule has 3 aromatic carbocycles. The lowest BCUT2D eigenvalue weighted by atomic mass is 9.75. The Morgan fingerprint density at radius 2 is 1.70 bits per heavy atom. The van der Waals surface area contributed by atoms with Crippen molar-refractivity contribution in [3.05, 3.63) is 101 Å². The summed E-state index contributed by atoms with van der Waals surface area (Å²) in [6.45, 7) is 1.14. The highest BCUT2D eigenvalue weighted by molar-refractivity contribution is 6.21. The number of carbonyl (C=O) groups is 1. The number of rotatable bonds is 4. The fraction of sp³-hybridized carbons (Fsp3) is 0.231. The van der Waals surface area contributed by atoms with Crippen LogP contribution in [0, 0.1) is 0 Å². The first-order valence-electron chi connectivity index (χ1n) is 10.4. The van der Waals surface area contributed by atoms with Gasteiger partial charge in [-0.05, 0) is 36.9 Å². The van der Waals surface area contributed by atoms with Crippen LogP contribution < -0.4 is 5.32 Å². The molecule has 0 bridgehead atoms. The maximum absolute atomic E-state index is 12.5. The van der Waals surface area contributed by atoms with Gasteiger partial charge in [0, 0.05) is 23.4 Å². The van der Waals surface area contributed by atoms with Crippen LogP contribution in [0.1, 0.15) is 44.6 Å². The molecule has 1 N–H and O–H groups in total. The van der Waals surface area contributed by atoms with E-state index in [0.717, 1.165) is 29.1 Å². The monoisotopic (exact) mass is 395 g/mol. The van der Waals surface area contributed by atoms with Gasteiger partial charge in [0.25, 0.3) is 0 Å². The van der Waals surface area contributed by atoms with E-state index < -0.39 is 0 Å². The van der Waals surface area contributed by atoms with Gasteiger partial charge in [-0.15, -0.1) is 0 Å². The molecule has 0 aliphatic carbocycles. The number of nitrogens with one attached hydrogen (secondary N) is 1. The summed E-state index contributed by atoms with van der Waals surface area (Å²) in [4.78, 5) is 19.5. The third kappa shape index (κ3) is 3.23. The van der Waals surface area contributed by atoms with Crippen LogP contribution >= 0.6 is 0 Å². The molecule has 3 aromatic rings. The lowest BCUT2D eigenvalue weighted by Gasteiger charge is -2.38. The molecule has 2 atom stereocenters. The van der Waals surface area contributed by atoms with E-state index in [9.17, 15) is 4.79 Å². The molecule has 0 spiro atoms. The highest BCUT2D eigenvalue weighted by Crippen LogP contribution is 2.45. The third-order valence-corrected chi connectivity index (χ3v) is 5.95. The highest BCUT2D eigenvalue weighted by Gasteiger charge is 2.39. The molecule has 2 heterocycles. The van der Waals surface area contributed by atoms with E-state index in [2.05, 4.69) is 78.9 Å². The van der Waals surface area contributed by atoms with Crippen LogP contribution in [-0.2, 0) is 6.54 Å². The van der Waals surface area contributed by atoms with Crippen molar-refractivity contribution in [3.63, 3.8) is 0 Å². The molecule has 0 aromatic heterocycles. The molecule has 4 heteroatoms. The number of anilines is 1. The maximum atomic E-state index is 12.5. The van der Waals surface area contributed by atoms with Crippen LogP contribution in [0.15, 0.2) is 77.8 Å². The molecule has 4 nitrogen and oxygen atoms in total. The van der Waals surface area contributed by atoms with Crippen molar-refractivity contribution in [2.24, 2.45) is 4.99 Å². The zero-order chi connectivity index (χ0) is 20.7. The summed E-state index contributed by atoms with van der Waals surface area (Å²) in [5.41, 5.74) is 7.50. The van der Waals surface area contributed by atoms with Crippen molar-refractivity contribution in [1.29, 1.82) is 0 Å². The van der Waals surface area contributed by atoms with E-state index in [0.29, 0.717) is 0 Å². The Kier molecular flexibility index (Phi) is 4.72. The van der Waals surface area contributed by atoms with Gasteiger partial charge < -0.3 is 10.2 Å². The topological polar surface area (TPSA) is 44.7 Å². The Hall–Kier alpha value is -3.24. The maximum Gasteiger partial charge on any atom is 0.184 e. The molecule has 2 aliphatic rings. The Labute approximate surface area is 177 Å². The first-order chi connectivity index (χ1) is 14.6. The lowest BCUT2D eigenvalue weighted by molar-refractivity contribution is 0.1000. The number of aliphatic imine (C=N–C) groups is 1. The predicted molar refractivity (Wildman–Crippen MR) is 122 cm³/mol. The van der Waals surface area contributed by atoms with Gasteiger partial charge in [-0.25, -0.2) is 0 Å². The first-order valence-corrected chi connectivity index (χ1v) is 10.4. The number of ketones is 1. The van der Waals surface area contributed by atoms with Crippen LogP contribution in [0.2, 0.25) is 0 Å². The Morgan fingerprint density at radius 3 is 2.43 bits per heavy atom. The smallest absolute Gasteiger partial charge is 0.184 e. The average Bonchev–Trinajstić information content (AvgIpc) is 2.76. The van der Waals surface area contributed by atoms with Gasteiger partial charge in [-0.2, -0.15) is 0 Å².